The number of hydrogen-bond donors (Lipinski definition) is 1. The summed E-state index contributed by atoms with van der Waals surface area (Å²) in [5.41, 5.74) is 0.848. The van der Waals surface area contributed by atoms with Crippen molar-refractivity contribution in [3.05, 3.63) is 29.8 Å². The van der Waals surface area contributed by atoms with Gasteiger partial charge in [0.1, 0.15) is 5.75 Å². The third-order valence-electron chi connectivity index (χ3n) is 4.74. The lowest BCUT2D eigenvalue weighted by molar-refractivity contribution is -0.155. The first-order chi connectivity index (χ1) is 13.0. The number of rotatable bonds is 7. The number of methoxy groups -OCH3 is 1. The zero-order valence-corrected chi connectivity index (χ0v) is 16.2. The predicted octanol–water partition coefficient (Wildman–Crippen LogP) is 2.06. The Morgan fingerprint density at radius 2 is 2.04 bits per heavy atom. The molecule has 148 valence electrons. The van der Waals surface area contributed by atoms with Gasteiger partial charge in [-0.25, -0.2) is 0 Å². The number of nitrogens with zero attached hydrogens (tertiary/aromatic N) is 1. The van der Waals surface area contributed by atoms with Gasteiger partial charge in [0.25, 0.3) is 5.91 Å². The molecule has 2 atom stereocenters. The van der Waals surface area contributed by atoms with Gasteiger partial charge in [0.2, 0.25) is 5.91 Å². The molecule has 1 aliphatic heterocycles. The molecule has 27 heavy (non-hydrogen) atoms. The van der Waals surface area contributed by atoms with Crippen LogP contribution >= 0.6 is 0 Å². The first kappa shape index (κ1) is 20.7. The normalized spacial score (nSPS) is 17.7. The van der Waals surface area contributed by atoms with Crippen LogP contribution in [-0.2, 0) is 19.1 Å². The molecule has 0 radical (unpaired) electrons. The van der Waals surface area contributed by atoms with E-state index in [4.69, 9.17) is 9.47 Å². The van der Waals surface area contributed by atoms with Gasteiger partial charge in [0.15, 0.2) is 6.61 Å². The van der Waals surface area contributed by atoms with Crippen LogP contribution in [0.5, 0.6) is 5.75 Å². The number of likely N-dealkylation sites (tertiary alicyclic amines) is 1. The number of amides is 2. The number of hydrogen-bond acceptors (Lipinski definition) is 5. The minimum Gasteiger partial charge on any atom is -0.496 e. The van der Waals surface area contributed by atoms with Crippen molar-refractivity contribution in [2.75, 3.05) is 26.8 Å². The Bertz CT molecular complexity index is 676. The summed E-state index contributed by atoms with van der Waals surface area (Å²) in [5.74, 6) is -0.447. The zero-order valence-electron chi connectivity index (χ0n) is 16.2. The number of esters is 1. The van der Waals surface area contributed by atoms with Crippen molar-refractivity contribution in [2.24, 2.45) is 5.92 Å². The van der Waals surface area contributed by atoms with Crippen LogP contribution in [0.15, 0.2) is 24.3 Å². The largest absolute Gasteiger partial charge is 0.496 e. The fourth-order valence-corrected chi connectivity index (χ4v) is 3.26. The first-order valence-electron chi connectivity index (χ1n) is 9.33. The Kier molecular flexibility index (Phi) is 7.64. The van der Waals surface area contributed by atoms with E-state index >= 15 is 0 Å². The van der Waals surface area contributed by atoms with Crippen molar-refractivity contribution in [3.8, 4) is 5.75 Å². The van der Waals surface area contributed by atoms with Crippen LogP contribution in [0.1, 0.15) is 44.7 Å². The van der Waals surface area contributed by atoms with Crippen molar-refractivity contribution in [1.82, 2.24) is 10.2 Å². The third-order valence-corrected chi connectivity index (χ3v) is 4.74. The van der Waals surface area contributed by atoms with E-state index in [-0.39, 0.29) is 30.4 Å². The minimum absolute atomic E-state index is 0.0378. The maximum absolute atomic E-state index is 12.3. The molecule has 7 heteroatoms. The van der Waals surface area contributed by atoms with Crippen LogP contribution in [0.3, 0.4) is 0 Å². The average molecular weight is 376 g/mol. The second-order valence-corrected chi connectivity index (χ2v) is 6.67. The summed E-state index contributed by atoms with van der Waals surface area (Å²) >= 11 is 0. The molecule has 1 heterocycles. The highest BCUT2D eigenvalue weighted by Gasteiger charge is 2.29. The number of piperidine rings is 1. The molecule has 1 aliphatic rings. The van der Waals surface area contributed by atoms with E-state index in [0.29, 0.717) is 31.7 Å². The van der Waals surface area contributed by atoms with Crippen LogP contribution in [0, 0.1) is 5.92 Å². The molecule has 0 bridgehead atoms. The van der Waals surface area contributed by atoms with Gasteiger partial charge in [-0.3, -0.25) is 14.4 Å². The molecule has 7 nitrogen and oxygen atoms in total. The average Bonchev–Trinajstić information content (AvgIpc) is 2.71. The summed E-state index contributed by atoms with van der Waals surface area (Å²) in [4.78, 5) is 37.9. The molecule has 0 spiro atoms. The molecule has 0 aliphatic carbocycles. The molecular formula is C20H28N2O5. The number of benzene rings is 1. The van der Waals surface area contributed by atoms with E-state index in [9.17, 15) is 14.4 Å². The molecular weight excluding hydrogens is 348 g/mol. The van der Waals surface area contributed by atoms with Crippen molar-refractivity contribution in [1.29, 1.82) is 0 Å². The van der Waals surface area contributed by atoms with Crippen molar-refractivity contribution < 1.29 is 23.9 Å². The standard InChI is InChI=1S/C20H28N2O5/c1-4-19(24)22-11-7-8-15(12-22)20(25)27-13-18(23)21-14(2)16-9-5-6-10-17(16)26-3/h5-6,9-10,14-15H,4,7-8,11-13H2,1-3H3,(H,21,23). The number of carbonyl (C=O) groups is 3. The fourth-order valence-electron chi connectivity index (χ4n) is 3.26. The van der Waals surface area contributed by atoms with Crippen LogP contribution in [0.25, 0.3) is 0 Å². The number of nitrogens with one attached hydrogen (secondary N) is 1. The molecule has 2 rings (SSSR count). The van der Waals surface area contributed by atoms with E-state index in [1.54, 1.807) is 18.9 Å². The monoisotopic (exact) mass is 376 g/mol. The highest BCUT2D eigenvalue weighted by Crippen LogP contribution is 2.24. The molecule has 1 N–H and O–H groups in total. The van der Waals surface area contributed by atoms with Crippen molar-refractivity contribution >= 4 is 17.8 Å². The van der Waals surface area contributed by atoms with E-state index in [2.05, 4.69) is 5.32 Å². The highest BCUT2D eigenvalue weighted by atomic mass is 16.5. The van der Waals surface area contributed by atoms with E-state index in [1.165, 1.54) is 0 Å². The number of carbonyl (C=O) groups excluding carboxylic acids is 3. The molecule has 0 aromatic heterocycles. The van der Waals surface area contributed by atoms with Gasteiger partial charge in [0.05, 0.1) is 19.1 Å². The second-order valence-electron chi connectivity index (χ2n) is 6.67. The first-order valence-corrected chi connectivity index (χ1v) is 9.33. The highest BCUT2D eigenvalue weighted by molar-refractivity contribution is 5.82. The lowest BCUT2D eigenvalue weighted by atomic mass is 9.98. The van der Waals surface area contributed by atoms with Gasteiger partial charge >= 0.3 is 5.97 Å². The van der Waals surface area contributed by atoms with Crippen molar-refractivity contribution in [2.45, 2.75) is 39.2 Å². The SMILES string of the molecule is CCC(=O)N1CCCC(C(=O)OCC(=O)NC(C)c2ccccc2OC)C1. The van der Waals surface area contributed by atoms with Gasteiger partial charge in [0, 0.05) is 25.1 Å². The Hall–Kier alpha value is -2.57. The number of ether oxygens (including phenoxy) is 2. The Morgan fingerprint density at radius 1 is 1.30 bits per heavy atom. The maximum atomic E-state index is 12.3. The summed E-state index contributed by atoms with van der Waals surface area (Å²) in [6.07, 6.45) is 1.86. The Morgan fingerprint density at radius 3 is 2.74 bits per heavy atom. The van der Waals surface area contributed by atoms with E-state index in [0.717, 1.165) is 12.0 Å². The van der Waals surface area contributed by atoms with E-state index < -0.39 is 5.97 Å². The van der Waals surface area contributed by atoms with Gasteiger partial charge < -0.3 is 19.7 Å². The molecule has 2 amide bonds. The summed E-state index contributed by atoms with van der Waals surface area (Å²) in [7, 11) is 1.58. The smallest absolute Gasteiger partial charge is 0.311 e. The third kappa shape index (κ3) is 5.70. The maximum Gasteiger partial charge on any atom is 0.311 e. The Labute approximate surface area is 160 Å². The molecule has 0 saturated carbocycles. The van der Waals surface area contributed by atoms with Crippen LogP contribution in [-0.4, -0.2) is 49.5 Å². The lowest BCUT2D eigenvalue weighted by Gasteiger charge is -2.31. The molecule has 1 fully saturated rings. The summed E-state index contributed by atoms with van der Waals surface area (Å²) in [6, 6.07) is 7.14. The fraction of sp³-hybridized carbons (Fsp3) is 0.550. The van der Waals surface area contributed by atoms with Gasteiger partial charge in [-0.15, -0.1) is 0 Å². The Balaban J connectivity index is 1.82. The second kappa shape index (κ2) is 9.94. The van der Waals surface area contributed by atoms with Crippen LogP contribution in [0.4, 0.5) is 0 Å². The summed E-state index contributed by atoms with van der Waals surface area (Å²) < 4.78 is 10.5. The molecule has 1 aromatic carbocycles. The predicted molar refractivity (Wildman–Crippen MR) is 100 cm³/mol. The molecule has 1 aromatic rings. The number of para-hydroxylation sites is 1. The lowest BCUT2D eigenvalue weighted by Crippen LogP contribution is -2.43. The van der Waals surface area contributed by atoms with Gasteiger partial charge in [-0.05, 0) is 25.8 Å². The van der Waals surface area contributed by atoms with Crippen LogP contribution < -0.4 is 10.1 Å². The summed E-state index contributed by atoms with van der Waals surface area (Å²) in [6.45, 7) is 4.35. The molecule has 1 saturated heterocycles. The van der Waals surface area contributed by atoms with Crippen molar-refractivity contribution in [3.63, 3.8) is 0 Å². The zero-order chi connectivity index (χ0) is 19.8. The van der Waals surface area contributed by atoms with Gasteiger partial charge in [-0.1, -0.05) is 25.1 Å². The summed E-state index contributed by atoms with van der Waals surface area (Å²) in [5, 5.41) is 2.80. The van der Waals surface area contributed by atoms with E-state index in [1.807, 2.05) is 31.2 Å². The topological polar surface area (TPSA) is 84.9 Å². The molecule has 2 unspecified atom stereocenters. The quantitative estimate of drug-likeness (QED) is 0.737. The van der Waals surface area contributed by atoms with Crippen LogP contribution in [0.2, 0.25) is 0 Å². The van der Waals surface area contributed by atoms with Gasteiger partial charge in [-0.2, -0.15) is 0 Å². The minimum atomic E-state index is -0.427.